The van der Waals surface area contributed by atoms with Gasteiger partial charge in [-0.2, -0.15) is 0 Å². The summed E-state index contributed by atoms with van der Waals surface area (Å²) in [5.41, 5.74) is 7.65. The lowest BCUT2D eigenvalue weighted by Crippen LogP contribution is -2.45. The van der Waals surface area contributed by atoms with Crippen LogP contribution in [0.3, 0.4) is 0 Å². The highest BCUT2D eigenvalue weighted by Gasteiger charge is 2.53. The van der Waals surface area contributed by atoms with E-state index in [1.807, 2.05) is 12.1 Å². The number of hydrogen-bond donors (Lipinski definition) is 2. The maximum atomic E-state index is 14.1. The van der Waals surface area contributed by atoms with Crippen molar-refractivity contribution in [1.82, 2.24) is 9.80 Å². The lowest BCUT2D eigenvalue weighted by atomic mass is 9.77. The summed E-state index contributed by atoms with van der Waals surface area (Å²) in [6.45, 7) is 11.5. The number of primary amides is 1. The average molecular weight is 500 g/mol. The summed E-state index contributed by atoms with van der Waals surface area (Å²) in [7, 11) is 0. The number of nitrogens with two attached hydrogens (primary N) is 1. The van der Waals surface area contributed by atoms with Crippen LogP contribution in [0.5, 0.6) is 0 Å². The van der Waals surface area contributed by atoms with Crippen LogP contribution in [0.15, 0.2) is 18.2 Å². The van der Waals surface area contributed by atoms with Gasteiger partial charge in [-0.25, -0.2) is 0 Å². The van der Waals surface area contributed by atoms with E-state index in [0.29, 0.717) is 23.5 Å². The summed E-state index contributed by atoms with van der Waals surface area (Å²) in [4.78, 5) is 43.1. The Balaban J connectivity index is 1.69. The molecule has 3 N–H and O–H groups in total. The maximum absolute atomic E-state index is 14.1. The van der Waals surface area contributed by atoms with E-state index in [1.165, 1.54) is 4.90 Å². The molecule has 0 spiro atoms. The van der Waals surface area contributed by atoms with Gasteiger partial charge in [-0.05, 0) is 73.8 Å². The van der Waals surface area contributed by atoms with Crippen LogP contribution in [0.1, 0.15) is 86.7 Å². The maximum Gasteiger partial charge on any atom is 0.249 e. The number of aliphatic hydroxyl groups is 1. The van der Waals surface area contributed by atoms with Crippen LogP contribution in [-0.4, -0.2) is 83.5 Å². The highest BCUT2D eigenvalue weighted by molar-refractivity contribution is 5.99. The van der Waals surface area contributed by atoms with E-state index in [2.05, 4.69) is 32.6 Å². The van der Waals surface area contributed by atoms with Gasteiger partial charge in [0.1, 0.15) is 24.9 Å². The number of rotatable bonds is 7. The van der Waals surface area contributed by atoms with Crippen LogP contribution >= 0.6 is 0 Å². The zero-order valence-corrected chi connectivity index (χ0v) is 22.0. The van der Waals surface area contributed by atoms with Gasteiger partial charge in [0.25, 0.3) is 0 Å². The fourth-order valence-corrected chi connectivity index (χ4v) is 6.15. The molecule has 3 aliphatic heterocycles. The lowest BCUT2D eigenvalue weighted by molar-refractivity contribution is -0.138. The Morgan fingerprint density at radius 3 is 2.53 bits per heavy atom. The fraction of sp³-hybridized carbons (Fsp3) is 0.679. The largest absolute Gasteiger partial charge is 0.388 e. The summed E-state index contributed by atoms with van der Waals surface area (Å²) in [5, 5.41) is 10.5. The third kappa shape index (κ3) is 5.50. The van der Waals surface area contributed by atoms with Crippen LogP contribution in [0.25, 0.3) is 0 Å². The van der Waals surface area contributed by atoms with Crippen LogP contribution in [0.2, 0.25) is 0 Å². The Kier molecular flexibility index (Phi) is 7.88. The van der Waals surface area contributed by atoms with E-state index >= 15 is 0 Å². The Morgan fingerprint density at radius 2 is 1.92 bits per heavy atom. The van der Waals surface area contributed by atoms with Gasteiger partial charge in [-0.3, -0.25) is 14.4 Å². The molecule has 0 bridgehead atoms. The second kappa shape index (κ2) is 10.6. The summed E-state index contributed by atoms with van der Waals surface area (Å²) < 4.78 is 5.48. The number of ketones is 1. The van der Waals surface area contributed by atoms with Crippen molar-refractivity contribution in [3.05, 3.63) is 34.9 Å². The van der Waals surface area contributed by atoms with Crippen LogP contribution in [0.4, 0.5) is 0 Å². The molecule has 0 unspecified atom stereocenters. The molecule has 36 heavy (non-hydrogen) atoms. The first-order valence-electron chi connectivity index (χ1n) is 13.3. The van der Waals surface area contributed by atoms with E-state index in [1.54, 1.807) is 6.07 Å². The topological polar surface area (TPSA) is 113 Å². The van der Waals surface area contributed by atoms with Crippen molar-refractivity contribution in [3.8, 4) is 0 Å². The number of Topliss-reactive ketones (excluding diaryl/α,β-unsaturated/α-hetero) is 1. The highest BCUT2D eigenvalue weighted by Crippen LogP contribution is 2.39. The number of carbonyl (C=O) groups excluding carboxylic acids is 3. The van der Waals surface area contributed by atoms with Gasteiger partial charge in [0.2, 0.25) is 11.8 Å². The number of β-amino-alcohol motifs (C(OH)–C–C–N with tert-alkyl or cyclic N) is 1. The minimum atomic E-state index is -0.907. The summed E-state index contributed by atoms with van der Waals surface area (Å²) in [5.74, 6) is -1.32. The predicted molar refractivity (Wildman–Crippen MR) is 137 cm³/mol. The molecular weight excluding hydrogens is 458 g/mol. The molecule has 0 aliphatic carbocycles. The Morgan fingerprint density at radius 1 is 1.22 bits per heavy atom. The van der Waals surface area contributed by atoms with Gasteiger partial charge in [-0.1, -0.05) is 39.8 Å². The molecule has 8 nitrogen and oxygen atoms in total. The molecule has 4 atom stereocenters. The molecule has 1 aromatic carbocycles. The molecule has 0 radical (unpaired) electrons. The Hall–Kier alpha value is -2.29. The standard InChI is InChI=1S/C28H41N3O5/c1-5-10-30-11-8-17(9-12-30)18-6-7-19(26(29)34)20(13-18)21(14-28(2,3)4)27(35)31-15-22(32)25-24(31)23(33)16-36-25/h6-7,13,17,21-22,24-25,32H,5,8-12,14-16H2,1-4H3,(H2,29,34)/t21-,22-,24+,25+/m0/s1. The van der Waals surface area contributed by atoms with E-state index in [4.69, 9.17) is 10.5 Å². The number of carbonyl (C=O) groups is 3. The number of ether oxygens (including phenoxy) is 1. The molecule has 3 aliphatic rings. The third-order valence-electron chi connectivity index (χ3n) is 7.87. The van der Waals surface area contributed by atoms with Crippen molar-refractivity contribution in [3.63, 3.8) is 0 Å². The molecule has 8 heteroatoms. The van der Waals surface area contributed by atoms with Crippen molar-refractivity contribution in [2.75, 3.05) is 32.8 Å². The number of fused-ring (bicyclic) bond motifs is 1. The molecule has 0 saturated carbocycles. The number of benzene rings is 1. The lowest BCUT2D eigenvalue weighted by Gasteiger charge is -2.34. The van der Waals surface area contributed by atoms with Crippen molar-refractivity contribution < 1.29 is 24.2 Å². The first-order valence-corrected chi connectivity index (χ1v) is 13.3. The Bertz CT molecular complexity index is 995. The fourth-order valence-electron chi connectivity index (χ4n) is 6.15. The van der Waals surface area contributed by atoms with Crippen LogP contribution in [-0.2, 0) is 14.3 Å². The number of hydrogen-bond acceptors (Lipinski definition) is 6. The molecule has 1 aromatic rings. The summed E-state index contributed by atoms with van der Waals surface area (Å²) in [6.07, 6.45) is 2.08. The van der Waals surface area contributed by atoms with Gasteiger partial charge in [-0.15, -0.1) is 0 Å². The number of likely N-dealkylation sites (tertiary alicyclic amines) is 2. The summed E-state index contributed by atoms with van der Waals surface area (Å²) >= 11 is 0. The summed E-state index contributed by atoms with van der Waals surface area (Å²) in [6, 6.07) is 4.97. The second-order valence-electron chi connectivity index (χ2n) is 11.9. The van der Waals surface area contributed by atoms with Crippen LogP contribution < -0.4 is 5.73 Å². The van der Waals surface area contributed by atoms with Gasteiger partial charge >= 0.3 is 0 Å². The second-order valence-corrected chi connectivity index (χ2v) is 11.9. The zero-order chi connectivity index (χ0) is 26.2. The number of nitrogens with zero attached hydrogens (tertiary/aromatic N) is 2. The number of amides is 2. The van der Waals surface area contributed by atoms with E-state index in [0.717, 1.165) is 44.5 Å². The van der Waals surface area contributed by atoms with Gasteiger partial charge in [0.05, 0.1) is 12.5 Å². The minimum Gasteiger partial charge on any atom is -0.388 e. The van der Waals surface area contributed by atoms with Crippen molar-refractivity contribution in [2.45, 2.75) is 83.5 Å². The number of aliphatic hydroxyl groups excluding tert-OH is 1. The molecule has 198 valence electrons. The quantitative estimate of drug-likeness (QED) is 0.596. The molecule has 3 fully saturated rings. The third-order valence-corrected chi connectivity index (χ3v) is 7.87. The molecule has 3 heterocycles. The normalized spacial score (nSPS) is 26.3. The molecule has 3 saturated heterocycles. The van der Waals surface area contributed by atoms with E-state index < -0.39 is 30.1 Å². The zero-order valence-electron chi connectivity index (χ0n) is 22.0. The molecule has 2 amide bonds. The minimum absolute atomic E-state index is 0.0437. The van der Waals surface area contributed by atoms with Crippen LogP contribution in [0, 0.1) is 5.41 Å². The smallest absolute Gasteiger partial charge is 0.249 e. The van der Waals surface area contributed by atoms with E-state index in [9.17, 15) is 19.5 Å². The molecular formula is C28H41N3O5. The molecule has 0 aromatic heterocycles. The van der Waals surface area contributed by atoms with E-state index in [-0.39, 0.29) is 30.3 Å². The first kappa shape index (κ1) is 26.8. The van der Waals surface area contributed by atoms with Crippen molar-refractivity contribution >= 4 is 17.6 Å². The van der Waals surface area contributed by atoms with Gasteiger partial charge in [0.15, 0.2) is 5.78 Å². The molecule has 4 rings (SSSR count). The monoisotopic (exact) mass is 499 g/mol. The predicted octanol–water partition coefficient (Wildman–Crippen LogP) is 2.43. The van der Waals surface area contributed by atoms with Crippen molar-refractivity contribution in [1.29, 1.82) is 0 Å². The van der Waals surface area contributed by atoms with Gasteiger partial charge in [0, 0.05) is 5.56 Å². The average Bonchev–Trinajstić information content (AvgIpc) is 3.37. The highest BCUT2D eigenvalue weighted by atomic mass is 16.5. The number of piperidine rings is 1. The van der Waals surface area contributed by atoms with Crippen molar-refractivity contribution in [2.24, 2.45) is 11.1 Å². The Labute approximate surface area is 214 Å². The SMILES string of the molecule is CCCN1CCC(c2ccc(C(N)=O)c([C@H](CC(C)(C)C)C(=O)N3C[C@H](O)[C@H]4OCC(=O)[C@H]43)c2)CC1. The first-order chi connectivity index (χ1) is 17.0. The van der Waals surface area contributed by atoms with Gasteiger partial charge < -0.3 is 25.4 Å².